The van der Waals surface area contributed by atoms with Gasteiger partial charge in [0.1, 0.15) is 5.82 Å². The minimum atomic E-state index is -0.245. The summed E-state index contributed by atoms with van der Waals surface area (Å²) in [6.07, 6.45) is 6.35. The molecule has 148 valence electrons. The van der Waals surface area contributed by atoms with Gasteiger partial charge >= 0.3 is 5.97 Å². The number of amides is 1. The number of ether oxygens (including phenoxy) is 1. The molecule has 3 rings (SSSR count). The number of aliphatic hydroxyl groups excluding tert-OH is 1. The van der Waals surface area contributed by atoms with Crippen molar-refractivity contribution in [2.75, 3.05) is 18.7 Å². The van der Waals surface area contributed by atoms with Gasteiger partial charge in [-0.15, -0.1) is 17.8 Å². The summed E-state index contributed by atoms with van der Waals surface area (Å²) in [5.41, 5.74) is 1.52. The van der Waals surface area contributed by atoms with Crippen molar-refractivity contribution >= 4 is 41.6 Å². The van der Waals surface area contributed by atoms with E-state index in [0.717, 1.165) is 29.6 Å². The van der Waals surface area contributed by atoms with Gasteiger partial charge in [-0.3, -0.25) is 4.79 Å². The molecule has 0 spiro atoms. The maximum absolute atomic E-state index is 10.2. The van der Waals surface area contributed by atoms with E-state index in [1.807, 2.05) is 6.07 Å². The Morgan fingerprint density at radius 3 is 2.50 bits per heavy atom. The van der Waals surface area contributed by atoms with Gasteiger partial charge in [0.2, 0.25) is 0 Å². The summed E-state index contributed by atoms with van der Waals surface area (Å²) >= 11 is 3.53. The number of carbonyl (C=O) groups excluding carboxylic acids is 2. The number of anilines is 1. The number of nitrogens with one attached hydrogen (secondary N) is 1. The molecule has 1 aromatic carbocycles. The van der Waals surface area contributed by atoms with Gasteiger partial charge in [0.25, 0.3) is 0 Å². The van der Waals surface area contributed by atoms with Crippen LogP contribution in [0.3, 0.4) is 0 Å². The summed E-state index contributed by atoms with van der Waals surface area (Å²) in [4.78, 5) is 28.6. The van der Waals surface area contributed by atoms with Crippen LogP contribution in [0, 0.1) is 0 Å². The van der Waals surface area contributed by atoms with Gasteiger partial charge in [0.15, 0.2) is 0 Å². The van der Waals surface area contributed by atoms with Crippen molar-refractivity contribution in [2.24, 2.45) is 0 Å². The van der Waals surface area contributed by atoms with Gasteiger partial charge in [-0.25, -0.2) is 9.97 Å². The van der Waals surface area contributed by atoms with Crippen molar-refractivity contribution in [2.45, 2.75) is 31.8 Å². The standard InChI is InChI=1S/C13H12N3O2.C3H6O2.CH4S.Fm/c17-7-15-10-1-2-12-9(3-10)6-14-13(16-12)8-4-11(18)5-8;1-3(4)5-2;1-2;/h1-3,6,8,11,18H,4-5H2,(H,15,17);1-2H3;2H,1H3;/q-1;;;. The second-order valence-electron chi connectivity index (χ2n) is 5.25. The van der Waals surface area contributed by atoms with Crippen LogP contribution in [-0.4, -0.2) is 46.9 Å². The molecule has 9 heteroatoms. The molecule has 1 aromatic heterocycles. The first-order valence-corrected chi connectivity index (χ1v) is 8.50. The normalized spacial score (nSPS) is 17.1. The van der Waals surface area contributed by atoms with E-state index < -0.39 is 0 Å². The number of benzene rings is 1. The zero-order valence-corrected chi connectivity index (χ0v) is 18.0. The smallest absolute Gasteiger partial charge is 0.302 e. The van der Waals surface area contributed by atoms with Gasteiger partial charge in [-0.2, -0.15) is 12.6 Å². The first-order valence-electron chi connectivity index (χ1n) is 7.60. The minimum Gasteiger partial charge on any atom is -0.490 e. The van der Waals surface area contributed by atoms with Crippen LogP contribution in [0.1, 0.15) is 31.5 Å². The van der Waals surface area contributed by atoms with E-state index in [-0.39, 0.29) is 18.0 Å². The van der Waals surface area contributed by atoms with Crippen LogP contribution >= 0.6 is 12.6 Å². The van der Waals surface area contributed by atoms with Crippen LogP contribution in [-0.2, 0) is 14.3 Å². The molecule has 1 aliphatic rings. The van der Waals surface area contributed by atoms with Crippen LogP contribution < -0.4 is 5.32 Å². The topological polar surface area (TPSA) is 101 Å². The molecule has 1 amide bonds. The third kappa shape index (κ3) is 6.37. The third-order valence-electron chi connectivity index (χ3n) is 3.56. The molecule has 0 radical (unpaired) electrons. The molecule has 2 aromatic rings. The zero-order valence-electron chi connectivity index (χ0n) is 14.7. The summed E-state index contributed by atoms with van der Waals surface area (Å²) in [5.74, 6) is 0.811. The van der Waals surface area contributed by atoms with Crippen molar-refractivity contribution in [3.8, 4) is 0 Å². The number of nitrogens with zero attached hydrogens (tertiary/aromatic N) is 2. The van der Waals surface area contributed by atoms with Gasteiger partial charge < -0.3 is 20.0 Å². The number of thiol groups is 1. The number of hydrogen-bond donors (Lipinski definition) is 3. The average Bonchev–Trinajstić information content (AvgIpc) is 2.61. The molecule has 1 fully saturated rings. The Hall–Kier alpha value is -3.19. The van der Waals surface area contributed by atoms with Gasteiger partial charge in [0.05, 0.1) is 25.1 Å². The Bertz CT molecular complexity index is 711. The van der Waals surface area contributed by atoms with Crippen molar-refractivity contribution in [3.05, 3.63) is 30.2 Å². The first-order chi connectivity index (χ1) is 12.0. The maximum atomic E-state index is 10.2. The van der Waals surface area contributed by atoms with Crippen LogP contribution in [0.15, 0.2) is 24.4 Å². The third-order valence-corrected chi connectivity index (χ3v) is 3.56. The number of aromatic nitrogens is 2. The number of aliphatic hydroxyl groups is 1. The fraction of sp³-hybridized carbons (Fsp3) is 0.412. The second-order valence-corrected chi connectivity index (χ2v) is 5.25. The molecule has 1 saturated carbocycles. The number of methoxy groups -OCH3 is 1. The Morgan fingerprint density at radius 1 is 1.38 bits per heavy atom. The van der Waals surface area contributed by atoms with Crippen LogP contribution in [0.5, 0.6) is 0 Å². The number of carbonyl (C=O) groups is 1. The van der Waals surface area contributed by atoms with Gasteiger partial charge in [-0.05, 0) is 19.1 Å². The van der Waals surface area contributed by atoms with Crippen molar-refractivity contribution in [1.82, 2.24) is 9.97 Å². The van der Waals surface area contributed by atoms with E-state index >= 15 is 0 Å². The van der Waals surface area contributed by atoms with Crippen molar-refractivity contribution in [1.29, 1.82) is 0 Å². The Labute approximate surface area is 152 Å². The van der Waals surface area contributed by atoms with Crippen LogP contribution in [0.2, 0.25) is 0 Å². The van der Waals surface area contributed by atoms with E-state index in [9.17, 15) is 14.7 Å². The van der Waals surface area contributed by atoms with E-state index in [1.165, 1.54) is 14.0 Å². The minimum absolute atomic E-state index is 0. The molecule has 1 aliphatic carbocycles. The predicted molar refractivity (Wildman–Crippen MR) is 99.4 cm³/mol. The number of hydrogen-bond acceptors (Lipinski definition) is 7. The van der Waals surface area contributed by atoms with Crippen molar-refractivity contribution < 1.29 is 19.4 Å². The van der Waals surface area contributed by atoms with E-state index in [2.05, 4.69) is 32.7 Å². The van der Waals surface area contributed by atoms with Crippen LogP contribution in [0.4, 0.5) is 5.69 Å². The SMILES string of the molecule is COC(C)=O.CS.O=[C-]Nc1ccc2nc(C3CC(O)C3)ncc2c1.[Fm]. The van der Waals surface area contributed by atoms with Gasteiger partial charge in [0, 0.05) is 24.4 Å². The van der Waals surface area contributed by atoms with E-state index in [0.29, 0.717) is 5.69 Å². The Balaban J connectivity index is 0.000000683. The predicted octanol–water partition coefficient (Wildman–Crippen LogP) is 2.07. The fourth-order valence-electron chi connectivity index (χ4n) is 2.18. The summed E-state index contributed by atoms with van der Waals surface area (Å²) in [6, 6.07) is 5.43. The van der Waals surface area contributed by atoms with Crippen LogP contribution in [0.25, 0.3) is 10.9 Å². The first kappa shape index (κ1) is 22.8. The zero-order chi connectivity index (χ0) is 18.8. The molecule has 2 N–H and O–H groups in total. The molecule has 26 heavy (non-hydrogen) atoms. The van der Waals surface area contributed by atoms with E-state index in [4.69, 9.17) is 0 Å². The number of rotatable bonds is 3. The Morgan fingerprint density at radius 2 is 2.00 bits per heavy atom. The molecular weight excluding hydrogens is 599 g/mol. The molecule has 1 heterocycles. The molecule has 0 unspecified atom stereocenters. The largest absolute Gasteiger partial charge is 0.490 e. The summed E-state index contributed by atoms with van der Waals surface area (Å²) < 4.78 is 4.11. The van der Waals surface area contributed by atoms with Crippen molar-refractivity contribution in [3.63, 3.8) is 0 Å². The molecule has 0 bridgehead atoms. The van der Waals surface area contributed by atoms with Gasteiger partial charge in [-0.1, -0.05) is 6.07 Å². The molecule has 0 saturated heterocycles. The number of fused-ring (bicyclic) bond motifs is 1. The summed E-state index contributed by atoms with van der Waals surface area (Å²) in [6.45, 7) is 1.36. The molecule has 0 atom stereocenters. The summed E-state index contributed by atoms with van der Waals surface area (Å²) in [7, 11) is 1.35. The molecule has 0 aliphatic heterocycles. The molecule has 7 nitrogen and oxygen atoms in total. The van der Waals surface area contributed by atoms with E-state index in [1.54, 1.807) is 31.0 Å². The Kier molecular flexibility index (Phi) is 9.98. The maximum Gasteiger partial charge on any atom is 0.302 e. The average molecular weight is 621 g/mol. The fourth-order valence-corrected chi connectivity index (χ4v) is 2.18. The quantitative estimate of drug-likeness (QED) is 0.210. The summed E-state index contributed by atoms with van der Waals surface area (Å²) in [5, 5.41) is 12.6. The number of esters is 1. The second kappa shape index (κ2) is 11.4. The molecular formula is C17H22FmN3O4S-. The monoisotopic (exact) mass is 621 g/mol.